The zero-order chi connectivity index (χ0) is 29.4. The van der Waals surface area contributed by atoms with Crippen LogP contribution < -0.4 is 0 Å². The number of cyclic esters (lactones) is 2. The Labute approximate surface area is 234 Å². The molecule has 2 aliphatic carbocycles. The smallest absolute Gasteiger partial charge is 0.336 e. The Balaban J connectivity index is 1.58. The van der Waals surface area contributed by atoms with Gasteiger partial charge in [-0.2, -0.15) is 0 Å². The van der Waals surface area contributed by atoms with Crippen molar-refractivity contribution in [1.29, 1.82) is 0 Å². The van der Waals surface area contributed by atoms with Crippen molar-refractivity contribution in [2.75, 3.05) is 26.4 Å². The Morgan fingerprint density at radius 1 is 1.10 bits per heavy atom. The minimum Gasteiger partial charge on any atom is -0.478 e. The van der Waals surface area contributed by atoms with Crippen molar-refractivity contribution in [2.24, 2.45) is 41.4 Å². The molecule has 0 aromatic heterocycles. The number of hydrogen-bond acceptors (Lipinski definition) is 9. The molecule has 40 heavy (non-hydrogen) atoms. The zero-order valence-corrected chi connectivity index (χ0v) is 23.6. The molecule has 4 aliphatic rings. The maximum absolute atomic E-state index is 13.2. The normalized spacial score (nSPS) is 32.6. The van der Waals surface area contributed by atoms with Crippen LogP contribution in [0.3, 0.4) is 0 Å². The van der Waals surface area contributed by atoms with Crippen LogP contribution in [0.15, 0.2) is 34.4 Å². The van der Waals surface area contributed by atoms with E-state index in [0.29, 0.717) is 12.0 Å². The fourth-order valence-corrected chi connectivity index (χ4v) is 6.96. The Kier molecular flexibility index (Phi) is 8.89. The number of allylic oxidation sites excluding steroid dienone is 2. The van der Waals surface area contributed by atoms with Crippen LogP contribution in [-0.4, -0.2) is 71.2 Å². The van der Waals surface area contributed by atoms with Crippen molar-refractivity contribution < 1.29 is 48.7 Å². The summed E-state index contributed by atoms with van der Waals surface area (Å²) < 4.78 is 16.0. The minimum absolute atomic E-state index is 0.0448. The van der Waals surface area contributed by atoms with Crippen molar-refractivity contribution in [2.45, 2.75) is 59.0 Å². The molecule has 2 heterocycles. The highest BCUT2D eigenvalue weighted by atomic mass is 16.6. The highest BCUT2D eigenvalue weighted by molar-refractivity contribution is 5.94. The number of aliphatic hydroxyl groups excluding tert-OH is 1. The standard InChI is InChI=1S/C30H40O10/c1-15(2)20-6-5-17-12-38-28(35)24(17)22(20)9-18(11-31)27(34)40-14-30(37)8-7-21(16(3)4)23-10-19(26(32)33)13-39-29(36)25(23)30/h9-10,15-16,20-23,25,31,37H,5-8,11-14H2,1-4H3,(H,32,33)/b18-9+/t20-,21-,22+,23-,25-,30-/m1/s1. The third-order valence-electron chi connectivity index (χ3n) is 9.19. The number of hydrogen-bond donors (Lipinski definition) is 3. The number of aliphatic carboxylic acids is 1. The molecule has 220 valence electrons. The van der Waals surface area contributed by atoms with Crippen LogP contribution in [0.1, 0.15) is 53.4 Å². The molecular weight excluding hydrogens is 520 g/mol. The van der Waals surface area contributed by atoms with Crippen LogP contribution in [0, 0.1) is 41.4 Å². The van der Waals surface area contributed by atoms with Crippen LogP contribution in [0.2, 0.25) is 0 Å². The Hall–Kier alpha value is -2.98. The van der Waals surface area contributed by atoms with E-state index in [1.54, 1.807) is 6.08 Å². The molecule has 4 rings (SSSR count). The molecule has 6 atom stereocenters. The lowest BCUT2D eigenvalue weighted by molar-refractivity contribution is -0.181. The van der Waals surface area contributed by atoms with E-state index in [1.165, 1.54) is 6.08 Å². The van der Waals surface area contributed by atoms with Gasteiger partial charge in [0.05, 0.1) is 23.7 Å². The summed E-state index contributed by atoms with van der Waals surface area (Å²) in [6.07, 6.45) is 5.29. The summed E-state index contributed by atoms with van der Waals surface area (Å²) in [5.74, 6) is -5.05. The number of carbonyl (C=O) groups excluding carboxylic acids is 3. The topological polar surface area (TPSA) is 157 Å². The number of rotatable bonds is 8. The van der Waals surface area contributed by atoms with Crippen LogP contribution in [0.5, 0.6) is 0 Å². The average molecular weight is 561 g/mol. The molecule has 2 aliphatic heterocycles. The maximum atomic E-state index is 13.2. The fourth-order valence-electron chi connectivity index (χ4n) is 6.96. The van der Waals surface area contributed by atoms with Gasteiger partial charge < -0.3 is 29.5 Å². The summed E-state index contributed by atoms with van der Waals surface area (Å²) in [5.41, 5.74) is -0.429. The molecule has 0 aromatic rings. The van der Waals surface area contributed by atoms with E-state index in [-0.39, 0.29) is 47.8 Å². The van der Waals surface area contributed by atoms with Gasteiger partial charge in [0.1, 0.15) is 25.4 Å². The summed E-state index contributed by atoms with van der Waals surface area (Å²) >= 11 is 0. The number of esters is 3. The number of ether oxygens (including phenoxy) is 3. The Morgan fingerprint density at radius 2 is 1.80 bits per heavy atom. The van der Waals surface area contributed by atoms with Gasteiger partial charge in [-0.3, -0.25) is 4.79 Å². The van der Waals surface area contributed by atoms with Crippen molar-refractivity contribution in [3.05, 3.63) is 34.4 Å². The molecule has 0 saturated heterocycles. The zero-order valence-electron chi connectivity index (χ0n) is 23.6. The lowest BCUT2D eigenvalue weighted by Gasteiger charge is -2.46. The van der Waals surface area contributed by atoms with Gasteiger partial charge >= 0.3 is 23.9 Å². The third kappa shape index (κ3) is 5.74. The van der Waals surface area contributed by atoms with E-state index in [4.69, 9.17) is 14.2 Å². The summed E-state index contributed by atoms with van der Waals surface area (Å²) in [4.78, 5) is 50.5. The van der Waals surface area contributed by atoms with Gasteiger partial charge in [0.25, 0.3) is 0 Å². The number of fused-ring (bicyclic) bond motifs is 1. The minimum atomic E-state index is -1.79. The van der Waals surface area contributed by atoms with Crippen LogP contribution in [-0.2, 0) is 33.4 Å². The molecule has 0 radical (unpaired) electrons. The molecule has 0 unspecified atom stereocenters. The van der Waals surface area contributed by atoms with E-state index < -0.39 is 67.1 Å². The number of aliphatic hydroxyl groups is 2. The van der Waals surface area contributed by atoms with Crippen LogP contribution in [0.4, 0.5) is 0 Å². The second-order valence-corrected chi connectivity index (χ2v) is 12.2. The first-order valence-corrected chi connectivity index (χ1v) is 14.1. The van der Waals surface area contributed by atoms with E-state index >= 15 is 0 Å². The largest absolute Gasteiger partial charge is 0.478 e. The fraction of sp³-hybridized carbons (Fsp3) is 0.667. The predicted octanol–water partition coefficient (Wildman–Crippen LogP) is 2.58. The first kappa shape index (κ1) is 30.0. The second kappa shape index (κ2) is 11.9. The summed E-state index contributed by atoms with van der Waals surface area (Å²) in [5, 5.41) is 31.3. The number of carbonyl (C=O) groups is 4. The van der Waals surface area contributed by atoms with Gasteiger partial charge in [-0.1, -0.05) is 39.8 Å². The molecule has 3 N–H and O–H groups in total. The highest BCUT2D eigenvalue weighted by Gasteiger charge is 2.54. The third-order valence-corrected chi connectivity index (χ3v) is 9.19. The Morgan fingerprint density at radius 3 is 2.42 bits per heavy atom. The molecule has 0 aromatic carbocycles. The molecule has 1 fully saturated rings. The van der Waals surface area contributed by atoms with E-state index in [9.17, 15) is 34.5 Å². The first-order valence-electron chi connectivity index (χ1n) is 14.1. The molecule has 0 amide bonds. The monoisotopic (exact) mass is 560 g/mol. The quantitative estimate of drug-likeness (QED) is 0.229. The molecule has 10 heteroatoms. The van der Waals surface area contributed by atoms with Gasteiger partial charge in [-0.15, -0.1) is 0 Å². The second-order valence-electron chi connectivity index (χ2n) is 12.2. The highest BCUT2D eigenvalue weighted by Crippen LogP contribution is 2.48. The van der Waals surface area contributed by atoms with E-state index in [0.717, 1.165) is 18.4 Å². The molecule has 0 bridgehead atoms. The first-order chi connectivity index (χ1) is 18.9. The predicted molar refractivity (Wildman–Crippen MR) is 141 cm³/mol. The van der Waals surface area contributed by atoms with Gasteiger partial charge in [0.15, 0.2) is 0 Å². The number of carboxylic acids is 1. The summed E-state index contributed by atoms with van der Waals surface area (Å²) in [6, 6.07) is 0. The summed E-state index contributed by atoms with van der Waals surface area (Å²) in [7, 11) is 0. The summed E-state index contributed by atoms with van der Waals surface area (Å²) in [6.45, 7) is 6.71. The van der Waals surface area contributed by atoms with Gasteiger partial charge in [-0.05, 0) is 60.8 Å². The van der Waals surface area contributed by atoms with Crippen molar-refractivity contribution in [3.8, 4) is 0 Å². The van der Waals surface area contributed by atoms with E-state index in [1.807, 2.05) is 27.7 Å². The van der Waals surface area contributed by atoms with Crippen molar-refractivity contribution in [1.82, 2.24) is 0 Å². The molecule has 1 saturated carbocycles. The van der Waals surface area contributed by atoms with Crippen LogP contribution >= 0.6 is 0 Å². The van der Waals surface area contributed by atoms with E-state index in [2.05, 4.69) is 0 Å². The maximum Gasteiger partial charge on any atom is 0.336 e. The average Bonchev–Trinajstić information content (AvgIpc) is 3.18. The Bertz CT molecular complexity index is 1150. The van der Waals surface area contributed by atoms with Crippen LogP contribution in [0.25, 0.3) is 0 Å². The van der Waals surface area contributed by atoms with Gasteiger partial charge in [0, 0.05) is 11.5 Å². The van der Waals surface area contributed by atoms with Crippen molar-refractivity contribution in [3.63, 3.8) is 0 Å². The molecular formula is C30H40O10. The van der Waals surface area contributed by atoms with Gasteiger partial charge in [-0.25, -0.2) is 14.4 Å². The number of carboxylic acid groups (broad SMARTS) is 1. The molecule has 0 spiro atoms. The van der Waals surface area contributed by atoms with Gasteiger partial charge in [0.2, 0.25) is 0 Å². The molecule has 10 nitrogen and oxygen atoms in total. The lowest BCUT2D eigenvalue weighted by atomic mass is 9.61. The SMILES string of the molecule is CC(C)[C@H]1CC[C@@](O)(COC(=O)/C(=C/[C@@H]2C3=C(CC[C@@H]2C(C)C)COC3=O)CO)[C@H]2C(=O)OCC(C(=O)O)=C[C@H]12. The van der Waals surface area contributed by atoms with Crippen molar-refractivity contribution >= 4 is 23.9 Å². The lowest BCUT2D eigenvalue weighted by Crippen LogP contribution is -2.55.